The van der Waals surface area contributed by atoms with E-state index in [4.69, 9.17) is 22.4 Å². The van der Waals surface area contributed by atoms with Crippen molar-refractivity contribution in [2.24, 2.45) is 0 Å². The molecule has 0 aromatic carbocycles. The molecule has 44 valence electrons. The van der Waals surface area contributed by atoms with E-state index >= 15 is 0 Å². The molecule has 0 aliphatic carbocycles. The monoisotopic (exact) mass is 162 g/mol. The lowest BCUT2D eigenvalue weighted by Crippen LogP contribution is -1.96. The predicted octanol–water partition coefficient (Wildman–Crippen LogP) is 1.15. The van der Waals surface area contributed by atoms with Crippen LogP contribution in [0.25, 0.3) is 0 Å². The molecule has 0 amide bonds. The molecule has 0 N–H and O–H groups in total. The summed E-state index contributed by atoms with van der Waals surface area (Å²) in [6, 6.07) is 0. The highest BCUT2D eigenvalue weighted by atomic mass is 33.1. The van der Waals surface area contributed by atoms with Gasteiger partial charge in [0.15, 0.2) is 0 Å². The second-order valence-electron chi connectivity index (χ2n) is 1.59. The van der Waals surface area contributed by atoms with E-state index < -0.39 is 7.15 Å². The van der Waals surface area contributed by atoms with Gasteiger partial charge in [0.1, 0.15) is 0 Å². The van der Waals surface area contributed by atoms with E-state index in [0.29, 0.717) is 0 Å². The minimum atomic E-state index is -1.18. The summed E-state index contributed by atoms with van der Waals surface area (Å²) >= 11 is 10.1. The predicted molar refractivity (Wildman–Crippen MR) is 45.2 cm³/mol. The Labute approximate surface area is 59.1 Å². The second-order valence-corrected chi connectivity index (χ2v) is 7.72. The van der Waals surface area contributed by atoms with Gasteiger partial charge >= 0.3 is 0 Å². The molecule has 0 nitrogen and oxygen atoms in total. The molecule has 1 aliphatic heterocycles. The van der Waals surface area contributed by atoms with Gasteiger partial charge < -0.3 is 0 Å². The van der Waals surface area contributed by atoms with E-state index in [-0.39, 0.29) is 0 Å². The van der Waals surface area contributed by atoms with Gasteiger partial charge in [-0.3, -0.25) is 0 Å². The third kappa shape index (κ3) is 1.65. The molecule has 0 unspecified atom stereocenters. The average Bonchev–Trinajstić information content (AvgIpc) is 1.65. The van der Waals surface area contributed by atoms with Gasteiger partial charge in [0.25, 0.3) is 0 Å². The number of allylic oxidation sites excluding steroid dienone is 2. The molecular formula is C5H6S3. The number of rotatable bonds is 0. The molecule has 0 aromatic heterocycles. The Morgan fingerprint density at radius 2 is 2.00 bits per heavy atom. The zero-order valence-electron chi connectivity index (χ0n) is 4.24. The molecule has 0 bridgehead atoms. The second kappa shape index (κ2) is 2.25. The summed E-state index contributed by atoms with van der Waals surface area (Å²) < 4.78 is 0. The van der Waals surface area contributed by atoms with Crippen LogP contribution in [0.4, 0.5) is 0 Å². The highest BCUT2D eigenvalue weighted by molar-refractivity contribution is 8.57. The Hall–Kier alpha value is 0.270. The van der Waals surface area contributed by atoms with Crippen molar-refractivity contribution in [2.75, 3.05) is 5.75 Å². The Morgan fingerprint density at radius 1 is 1.25 bits per heavy atom. The fourth-order valence-electron chi connectivity index (χ4n) is 0.489. The number of hydrogen-bond acceptors (Lipinski definition) is 2. The molecule has 0 spiro atoms. The topological polar surface area (TPSA) is 0 Å². The Kier molecular flexibility index (Phi) is 1.80. The molecule has 0 radical (unpaired) electrons. The van der Waals surface area contributed by atoms with Crippen LogP contribution < -0.4 is 0 Å². The molecule has 0 saturated carbocycles. The van der Waals surface area contributed by atoms with Crippen molar-refractivity contribution in [2.45, 2.75) is 0 Å². The van der Waals surface area contributed by atoms with Crippen LogP contribution in [-0.2, 0) is 29.5 Å². The largest absolute Gasteiger partial charge is 0.0736 e. The summed E-state index contributed by atoms with van der Waals surface area (Å²) in [5.74, 6) is 0.897. The maximum Gasteiger partial charge on any atom is 0.0241 e. The van der Waals surface area contributed by atoms with Gasteiger partial charge in [0.05, 0.1) is 0 Å². The van der Waals surface area contributed by atoms with Gasteiger partial charge in [-0.15, -0.1) is 0 Å². The van der Waals surface area contributed by atoms with Crippen molar-refractivity contribution >= 4 is 29.5 Å². The van der Waals surface area contributed by atoms with Crippen LogP contribution in [0.15, 0.2) is 23.6 Å². The van der Waals surface area contributed by atoms with Crippen molar-refractivity contribution in [1.29, 1.82) is 0 Å². The van der Waals surface area contributed by atoms with Gasteiger partial charge in [-0.25, -0.2) is 0 Å². The smallest absolute Gasteiger partial charge is 0.0241 e. The van der Waals surface area contributed by atoms with Crippen LogP contribution in [0.2, 0.25) is 0 Å². The lowest BCUT2D eigenvalue weighted by Gasteiger charge is -2.01. The summed E-state index contributed by atoms with van der Waals surface area (Å²) in [7, 11) is -1.18. The average molecular weight is 162 g/mol. The van der Waals surface area contributed by atoms with Crippen LogP contribution >= 0.6 is 0 Å². The van der Waals surface area contributed by atoms with Crippen molar-refractivity contribution < 1.29 is 0 Å². The van der Waals surface area contributed by atoms with Crippen molar-refractivity contribution in [3.8, 4) is 0 Å². The summed E-state index contributed by atoms with van der Waals surface area (Å²) in [6.07, 6.45) is 5.97. The first kappa shape index (κ1) is 6.39. The molecule has 0 atom stereocenters. The zero-order chi connectivity index (χ0) is 6.04. The molecule has 8 heavy (non-hydrogen) atoms. The summed E-state index contributed by atoms with van der Waals surface area (Å²) in [5.41, 5.74) is 0. The molecule has 1 rings (SSSR count). The molecule has 1 heterocycles. The first-order chi connectivity index (χ1) is 3.71. The van der Waals surface area contributed by atoms with Crippen molar-refractivity contribution in [3.63, 3.8) is 0 Å². The third-order valence-electron chi connectivity index (χ3n) is 0.862. The van der Waals surface area contributed by atoms with Crippen LogP contribution in [-0.4, -0.2) is 5.75 Å². The zero-order valence-corrected chi connectivity index (χ0v) is 6.69. The van der Waals surface area contributed by atoms with Crippen LogP contribution in [0.5, 0.6) is 0 Å². The fourth-order valence-corrected chi connectivity index (χ4v) is 2.17. The Morgan fingerprint density at radius 3 is 2.25 bits per heavy atom. The van der Waals surface area contributed by atoms with Gasteiger partial charge in [-0.1, -0.05) is 25.4 Å². The quantitative estimate of drug-likeness (QED) is 0.524. The normalized spacial score (nSPS) is 23.5. The van der Waals surface area contributed by atoms with E-state index in [1.54, 1.807) is 0 Å². The summed E-state index contributed by atoms with van der Waals surface area (Å²) in [5, 5.41) is 1.96. The summed E-state index contributed by atoms with van der Waals surface area (Å²) in [4.78, 5) is 0. The van der Waals surface area contributed by atoms with Crippen LogP contribution in [0, 0.1) is 0 Å². The standard InChI is InChI=1S/C5H6S3/c6-8(7)4-2-1-3-5-8/h1-4H,5H2. The highest BCUT2D eigenvalue weighted by Gasteiger charge is 1.94. The van der Waals surface area contributed by atoms with E-state index in [0.717, 1.165) is 5.75 Å². The molecular weight excluding hydrogens is 156 g/mol. The first-order valence-corrected chi connectivity index (χ1v) is 5.98. The molecule has 0 fully saturated rings. The van der Waals surface area contributed by atoms with Gasteiger partial charge in [0, 0.05) is 5.75 Å². The maximum atomic E-state index is 5.06. The van der Waals surface area contributed by atoms with E-state index in [1.807, 2.05) is 23.6 Å². The molecule has 3 heteroatoms. The number of hydrogen-bond donors (Lipinski definition) is 0. The van der Waals surface area contributed by atoms with E-state index in [2.05, 4.69) is 0 Å². The Bertz CT molecular complexity index is 218. The van der Waals surface area contributed by atoms with E-state index in [9.17, 15) is 0 Å². The first-order valence-electron chi connectivity index (χ1n) is 2.27. The Balaban J connectivity index is 2.98. The third-order valence-corrected chi connectivity index (χ3v) is 3.57. The SMILES string of the molecule is S=S1(=S)C=CC=CC1. The van der Waals surface area contributed by atoms with Crippen LogP contribution in [0.3, 0.4) is 0 Å². The molecule has 0 saturated heterocycles. The molecule has 1 aliphatic rings. The minimum absolute atomic E-state index is 0.897. The maximum absolute atomic E-state index is 5.06. The van der Waals surface area contributed by atoms with Crippen molar-refractivity contribution in [3.05, 3.63) is 23.6 Å². The minimum Gasteiger partial charge on any atom is -0.0736 e. The lowest BCUT2D eigenvalue weighted by atomic mass is 10.5. The highest BCUT2D eigenvalue weighted by Crippen LogP contribution is 2.00. The van der Waals surface area contributed by atoms with Gasteiger partial charge in [-0.05, 0) is 27.8 Å². The molecule has 0 aromatic rings. The fraction of sp³-hybridized carbons (Fsp3) is 0.200. The summed E-state index contributed by atoms with van der Waals surface area (Å²) in [6.45, 7) is 0. The lowest BCUT2D eigenvalue weighted by molar-refractivity contribution is 1.73. The van der Waals surface area contributed by atoms with E-state index in [1.165, 1.54) is 0 Å². The van der Waals surface area contributed by atoms with Gasteiger partial charge in [-0.2, -0.15) is 0 Å². The van der Waals surface area contributed by atoms with Gasteiger partial charge in [0.2, 0.25) is 0 Å². The van der Waals surface area contributed by atoms with Crippen molar-refractivity contribution in [1.82, 2.24) is 0 Å². The van der Waals surface area contributed by atoms with Crippen LogP contribution in [0.1, 0.15) is 0 Å².